The summed E-state index contributed by atoms with van der Waals surface area (Å²) in [5.41, 5.74) is 8.27. The van der Waals surface area contributed by atoms with Crippen LogP contribution in [0.15, 0.2) is 42.6 Å². The molecule has 20 heavy (non-hydrogen) atoms. The first-order valence-corrected chi connectivity index (χ1v) is 7.07. The minimum Gasteiger partial charge on any atom is -0.353 e. The van der Waals surface area contributed by atoms with Crippen LogP contribution in [0.1, 0.15) is 37.1 Å². The first-order valence-electron chi connectivity index (χ1n) is 6.69. The summed E-state index contributed by atoms with van der Waals surface area (Å²) in [6.45, 7) is 4.12. The van der Waals surface area contributed by atoms with Crippen molar-refractivity contribution in [2.75, 3.05) is 11.9 Å². The summed E-state index contributed by atoms with van der Waals surface area (Å²) in [5, 5.41) is 0.748. The van der Waals surface area contributed by atoms with Crippen LogP contribution in [0.4, 0.5) is 5.82 Å². The highest BCUT2D eigenvalue weighted by Gasteiger charge is 2.17. The van der Waals surface area contributed by atoms with E-state index in [1.807, 2.05) is 50.4 Å². The molecule has 0 saturated carbocycles. The van der Waals surface area contributed by atoms with Crippen molar-refractivity contribution < 1.29 is 0 Å². The van der Waals surface area contributed by atoms with E-state index in [4.69, 9.17) is 17.3 Å². The number of anilines is 1. The number of halogens is 1. The Bertz CT molecular complexity index is 566. The summed E-state index contributed by atoms with van der Waals surface area (Å²) in [7, 11) is 2.04. The van der Waals surface area contributed by atoms with Crippen molar-refractivity contribution in [1.82, 2.24) is 4.98 Å². The van der Waals surface area contributed by atoms with Crippen LogP contribution in [0, 0.1) is 0 Å². The maximum atomic E-state index is 6.03. The number of aromatic nitrogens is 1. The second kappa shape index (κ2) is 6.25. The molecule has 2 aromatic rings. The number of hydrogen-bond donors (Lipinski definition) is 1. The maximum absolute atomic E-state index is 6.03. The van der Waals surface area contributed by atoms with Gasteiger partial charge >= 0.3 is 0 Å². The third kappa shape index (κ3) is 3.11. The Balaban J connectivity index is 2.31. The number of pyridine rings is 1. The molecular formula is C16H20ClN3. The first-order chi connectivity index (χ1) is 9.50. The number of benzene rings is 1. The Morgan fingerprint density at radius 2 is 1.80 bits per heavy atom. The van der Waals surface area contributed by atoms with Crippen LogP contribution >= 0.6 is 11.6 Å². The lowest BCUT2D eigenvalue weighted by molar-refractivity contribution is 0.709. The molecule has 1 unspecified atom stereocenters. The molecule has 0 aliphatic heterocycles. The fraction of sp³-hybridized carbons (Fsp3) is 0.312. The Morgan fingerprint density at radius 1 is 1.15 bits per heavy atom. The highest BCUT2D eigenvalue weighted by molar-refractivity contribution is 6.30. The molecule has 0 bridgehead atoms. The Morgan fingerprint density at radius 3 is 2.40 bits per heavy atom. The fourth-order valence-corrected chi connectivity index (χ4v) is 2.33. The van der Waals surface area contributed by atoms with E-state index in [1.165, 1.54) is 5.56 Å². The summed E-state index contributed by atoms with van der Waals surface area (Å²) in [6, 6.07) is 12.0. The molecule has 1 aromatic carbocycles. The van der Waals surface area contributed by atoms with Gasteiger partial charge in [-0.2, -0.15) is 0 Å². The van der Waals surface area contributed by atoms with Gasteiger partial charge in [0.25, 0.3) is 0 Å². The number of nitrogens with zero attached hydrogens (tertiary/aromatic N) is 2. The lowest BCUT2D eigenvalue weighted by Gasteiger charge is -2.29. The van der Waals surface area contributed by atoms with E-state index in [2.05, 4.69) is 16.8 Å². The van der Waals surface area contributed by atoms with Gasteiger partial charge in [0, 0.05) is 29.9 Å². The molecular weight excluding hydrogens is 270 g/mol. The van der Waals surface area contributed by atoms with E-state index in [-0.39, 0.29) is 12.1 Å². The lowest BCUT2D eigenvalue weighted by atomic mass is 10.1. The van der Waals surface area contributed by atoms with E-state index in [0.717, 1.165) is 16.4 Å². The van der Waals surface area contributed by atoms with Crippen LogP contribution in [0.5, 0.6) is 0 Å². The van der Waals surface area contributed by atoms with Gasteiger partial charge in [-0.15, -0.1) is 0 Å². The average molecular weight is 290 g/mol. The molecule has 106 valence electrons. The van der Waals surface area contributed by atoms with Gasteiger partial charge < -0.3 is 10.6 Å². The zero-order chi connectivity index (χ0) is 14.7. The van der Waals surface area contributed by atoms with Crippen LogP contribution in [-0.2, 0) is 0 Å². The Kier molecular flexibility index (Phi) is 4.63. The Hall–Kier alpha value is -1.58. The molecule has 0 amide bonds. The summed E-state index contributed by atoms with van der Waals surface area (Å²) in [4.78, 5) is 6.62. The zero-order valence-electron chi connectivity index (χ0n) is 12.0. The molecule has 1 heterocycles. The van der Waals surface area contributed by atoms with E-state index < -0.39 is 0 Å². The molecule has 1 aromatic heterocycles. The predicted octanol–water partition coefficient (Wildman–Crippen LogP) is 3.95. The maximum Gasteiger partial charge on any atom is 0.133 e. The lowest BCUT2D eigenvalue weighted by Crippen LogP contribution is -2.25. The summed E-state index contributed by atoms with van der Waals surface area (Å²) >= 11 is 5.94. The van der Waals surface area contributed by atoms with Gasteiger partial charge in [0.05, 0.1) is 6.04 Å². The van der Waals surface area contributed by atoms with Crippen LogP contribution in [-0.4, -0.2) is 12.0 Å². The minimum absolute atomic E-state index is 0.0430. The first kappa shape index (κ1) is 14.8. The normalized spacial score (nSPS) is 13.8. The zero-order valence-corrected chi connectivity index (χ0v) is 12.8. The molecule has 2 N–H and O–H groups in total. The molecule has 3 nitrogen and oxygen atoms in total. The monoisotopic (exact) mass is 289 g/mol. The van der Waals surface area contributed by atoms with Gasteiger partial charge in [-0.1, -0.05) is 29.8 Å². The molecule has 0 spiro atoms. The number of rotatable bonds is 4. The average Bonchev–Trinajstić information content (AvgIpc) is 2.46. The van der Waals surface area contributed by atoms with Crippen molar-refractivity contribution in [1.29, 1.82) is 0 Å². The fourth-order valence-electron chi connectivity index (χ4n) is 2.21. The van der Waals surface area contributed by atoms with E-state index in [9.17, 15) is 0 Å². The number of nitrogens with two attached hydrogens (primary N) is 1. The van der Waals surface area contributed by atoms with Crippen molar-refractivity contribution in [2.24, 2.45) is 5.73 Å². The second-order valence-electron chi connectivity index (χ2n) is 5.04. The van der Waals surface area contributed by atoms with Crippen LogP contribution < -0.4 is 10.6 Å². The van der Waals surface area contributed by atoms with Crippen molar-refractivity contribution >= 4 is 17.4 Å². The Labute approximate surface area is 125 Å². The molecule has 4 heteroatoms. The molecule has 0 radical (unpaired) electrons. The third-order valence-electron chi connectivity index (χ3n) is 3.57. The SMILES string of the molecule is CC(c1ccc(Cl)cc1)N(C)c1ncccc1[C@@H](C)N. The molecule has 0 fully saturated rings. The topological polar surface area (TPSA) is 42.2 Å². The van der Waals surface area contributed by atoms with Crippen molar-refractivity contribution in [2.45, 2.75) is 25.9 Å². The molecule has 0 saturated heterocycles. The largest absolute Gasteiger partial charge is 0.353 e. The van der Waals surface area contributed by atoms with Gasteiger partial charge in [-0.25, -0.2) is 4.98 Å². The number of hydrogen-bond acceptors (Lipinski definition) is 3. The smallest absolute Gasteiger partial charge is 0.133 e. The predicted molar refractivity (Wildman–Crippen MR) is 85.1 cm³/mol. The van der Waals surface area contributed by atoms with Crippen molar-refractivity contribution in [3.05, 3.63) is 58.7 Å². The second-order valence-corrected chi connectivity index (χ2v) is 5.48. The van der Waals surface area contributed by atoms with E-state index in [0.29, 0.717) is 0 Å². The minimum atomic E-state index is -0.0430. The molecule has 2 atom stereocenters. The molecule has 2 rings (SSSR count). The van der Waals surface area contributed by atoms with E-state index in [1.54, 1.807) is 6.20 Å². The quantitative estimate of drug-likeness (QED) is 0.926. The highest BCUT2D eigenvalue weighted by Crippen LogP contribution is 2.29. The summed E-state index contributed by atoms with van der Waals surface area (Å²) < 4.78 is 0. The van der Waals surface area contributed by atoms with Gasteiger partial charge in [0.15, 0.2) is 0 Å². The van der Waals surface area contributed by atoms with Crippen molar-refractivity contribution in [3.8, 4) is 0 Å². The standard InChI is InChI=1S/C16H20ClN3/c1-11(18)15-5-4-10-19-16(15)20(3)12(2)13-6-8-14(17)9-7-13/h4-12H,18H2,1-3H3/t11-,12?/m1/s1. The van der Waals surface area contributed by atoms with Gasteiger partial charge in [-0.3, -0.25) is 0 Å². The third-order valence-corrected chi connectivity index (χ3v) is 3.83. The van der Waals surface area contributed by atoms with Gasteiger partial charge in [0.1, 0.15) is 5.82 Å². The summed E-state index contributed by atoms with van der Waals surface area (Å²) in [5.74, 6) is 0.921. The highest BCUT2D eigenvalue weighted by atomic mass is 35.5. The van der Waals surface area contributed by atoms with Gasteiger partial charge in [0.2, 0.25) is 0 Å². The van der Waals surface area contributed by atoms with Gasteiger partial charge in [-0.05, 0) is 37.6 Å². The van der Waals surface area contributed by atoms with Crippen LogP contribution in [0.25, 0.3) is 0 Å². The summed E-state index contributed by atoms with van der Waals surface area (Å²) in [6.07, 6.45) is 1.80. The van der Waals surface area contributed by atoms with E-state index >= 15 is 0 Å². The molecule has 0 aliphatic carbocycles. The van der Waals surface area contributed by atoms with Crippen LogP contribution in [0.2, 0.25) is 5.02 Å². The van der Waals surface area contributed by atoms with Crippen molar-refractivity contribution in [3.63, 3.8) is 0 Å². The molecule has 0 aliphatic rings. The van der Waals surface area contributed by atoms with Crippen LogP contribution in [0.3, 0.4) is 0 Å².